The van der Waals surface area contributed by atoms with Gasteiger partial charge < -0.3 is 5.32 Å². The highest BCUT2D eigenvalue weighted by Crippen LogP contribution is 2.30. The topological polar surface area (TPSA) is 32.3 Å². The molecule has 108 valence electrons. The van der Waals surface area contributed by atoms with Gasteiger partial charge in [-0.1, -0.05) is 37.3 Å². The smallest absolute Gasteiger partial charge is 0.224 e. The van der Waals surface area contributed by atoms with Crippen LogP contribution in [0.15, 0.2) is 30.3 Å². The average Bonchev–Trinajstić information content (AvgIpc) is 3.15. The first-order valence-electron chi connectivity index (χ1n) is 7.79. The zero-order valence-electron chi connectivity index (χ0n) is 12.2. The molecule has 0 radical (unpaired) electrons. The number of nitrogens with one attached hydrogen (secondary N) is 1. The second-order valence-corrected chi connectivity index (χ2v) is 6.39. The maximum Gasteiger partial charge on any atom is 0.224 e. The van der Waals surface area contributed by atoms with Crippen LogP contribution in [0.4, 0.5) is 0 Å². The minimum atomic E-state index is 0.181. The fourth-order valence-electron chi connectivity index (χ4n) is 3.08. The van der Waals surface area contributed by atoms with Gasteiger partial charge in [-0.05, 0) is 37.3 Å². The molecule has 0 bridgehead atoms. The molecule has 1 aromatic rings. The van der Waals surface area contributed by atoms with E-state index in [9.17, 15) is 4.79 Å². The molecule has 2 aliphatic rings. The summed E-state index contributed by atoms with van der Waals surface area (Å²) in [6, 6.07) is 11.0. The number of likely N-dealkylation sites (tertiary alicyclic amines) is 1. The highest BCUT2D eigenvalue weighted by atomic mass is 16.2. The van der Waals surface area contributed by atoms with Crippen LogP contribution >= 0.6 is 0 Å². The monoisotopic (exact) mass is 272 g/mol. The summed E-state index contributed by atoms with van der Waals surface area (Å²) in [5, 5.41) is 3.19. The molecule has 20 heavy (non-hydrogen) atoms. The van der Waals surface area contributed by atoms with Crippen molar-refractivity contribution >= 4 is 5.91 Å². The highest BCUT2D eigenvalue weighted by Gasteiger charge is 2.36. The molecule has 3 heteroatoms. The molecule has 3 atom stereocenters. The zero-order chi connectivity index (χ0) is 13.9. The largest absolute Gasteiger partial charge is 0.353 e. The van der Waals surface area contributed by atoms with Gasteiger partial charge in [-0.3, -0.25) is 9.69 Å². The van der Waals surface area contributed by atoms with Crippen LogP contribution in [-0.2, 0) is 11.3 Å². The second kappa shape index (κ2) is 5.96. The van der Waals surface area contributed by atoms with Crippen LogP contribution in [0.3, 0.4) is 0 Å². The first kappa shape index (κ1) is 13.6. The lowest BCUT2D eigenvalue weighted by atomic mass is 9.96. The molecule has 1 aromatic carbocycles. The molecule has 0 spiro atoms. The first-order chi connectivity index (χ1) is 9.72. The molecule has 1 heterocycles. The van der Waals surface area contributed by atoms with E-state index in [0.717, 1.165) is 38.9 Å². The number of amides is 1. The van der Waals surface area contributed by atoms with Crippen molar-refractivity contribution in [2.75, 3.05) is 13.1 Å². The molecule has 1 aliphatic heterocycles. The van der Waals surface area contributed by atoms with Crippen molar-refractivity contribution in [2.45, 2.75) is 38.8 Å². The van der Waals surface area contributed by atoms with E-state index in [1.54, 1.807) is 0 Å². The number of benzene rings is 1. The van der Waals surface area contributed by atoms with Gasteiger partial charge in [0, 0.05) is 19.1 Å². The maximum atomic E-state index is 12.3. The minimum Gasteiger partial charge on any atom is -0.353 e. The van der Waals surface area contributed by atoms with Gasteiger partial charge in [0.2, 0.25) is 5.91 Å². The Morgan fingerprint density at radius 2 is 2.10 bits per heavy atom. The average molecular weight is 272 g/mol. The van der Waals surface area contributed by atoms with Gasteiger partial charge in [0.15, 0.2) is 0 Å². The lowest BCUT2D eigenvalue weighted by Crippen LogP contribution is -2.43. The lowest BCUT2D eigenvalue weighted by molar-refractivity contribution is -0.127. The fraction of sp³-hybridized carbons (Fsp3) is 0.588. The van der Waals surface area contributed by atoms with Gasteiger partial charge in [0.25, 0.3) is 0 Å². The molecule has 3 unspecified atom stereocenters. The van der Waals surface area contributed by atoms with E-state index in [1.807, 2.05) is 6.07 Å². The Bertz CT molecular complexity index is 459. The van der Waals surface area contributed by atoms with Crippen molar-refractivity contribution in [3.05, 3.63) is 35.9 Å². The van der Waals surface area contributed by atoms with Crippen LogP contribution in [0.25, 0.3) is 0 Å². The number of rotatable bonds is 4. The van der Waals surface area contributed by atoms with Gasteiger partial charge in [-0.25, -0.2) is 0 Å². The van der Waals surface area contributed by atoms with Crippen LogP contribution in [0, 0.1) is 11.8 Å². The molecular weight excluding hydrogens is 248 g/mol. The van der Waals surface area contributed by atoms with Crippen LogP contribution in [0.1, 0.15) is 31.7 Å². The summed E-state index contributed by atoms with van der Waals surface area (Å²) < 4.78 is 0. The van der Waals surface area contributed by atoms with Crippen molar-refractivity contribution in [3.63, 3.8) is 0 Å². The van der Waals surface area contributed by atoms with E-state index < -0.39 is 0 Å². The Morgan fingerprint density at radius 3 is 2.80 bits per heavy atom. The standard InChI is InChI=1S/C17H24N2O/c1-13-10-16(13)18-17(20)15-8-5-9-19(12-15)11-14-6-3-2-4-7-14/h2-4,6-7,13,15-16H,5,8-12H2,1H3,(H,18,20). The summed E-state index contributed by atoms with van der Waals surface area (Å²) in [5.41, 5.74) is 1.34. The Hall–Kier alpha value is -1.35. The molecule has 1 saturated heterocycles. The SMILES string of the molecule is CC1CC1NC(=O)C1CCCN(Cc2ccccc2)C1. The number of carbonyl (C=O) groups excluding carboxylic acids is 1. The lowest BCUT2D eigenvalue weighted by Gasteiger charge is -2.32. The number of hydrogen-bond acceptors (Lipinski definition) is 2. The molecule has 1 amide bonds. The summed E-state index contributed by atoms with van der Waals surface area (Å²) in [6.45, 7) is 5.18. The zero-order valence-corrected chi connectivity index (χ0v) is 12.2. The second-order valence-electron chi connectivity index (χ2n) is 6.39. The predicted molar refractivity (Wildman–Crippen MR) is 80.2 cm³/mol. The van der Waals surface area contributed by atoms with E-state index in [-0.39, 0.29) is 11.8 Å². The van der Waals surface area contributed by atoms with E-state index in [1.165, 1.54) is 5.56 Å². The van der Waals surface area contributed by atoms with E-state index in [0.29, 0.717) is 12.0 Å². The third kappa shape index (κ3) is 3.40. The molecule has 2 fully saturated rings. The Labute approximate surface area is 121 Å². The van der Waals surface area contributed by atoms with Crippen molar-refractivity contribution in [2.24, 2.45) is 11.8 Å². The van der Waals surface area contributed by atoms with Crippen LogP contribution in [0.5, 0.6) is 0 Å². The first-order valence-corrected chi connectivity index (χ1v) is 7.79. The van der Waals surface area contributed by atoms with Crippen LogP contribution < -0.4 is 5.32 Å². The van der Waals surface area contributed by atoms with Crippen molar-refractivity contribution in [1.29, 1.82) is 0 Å². The Balaban J connectivity index is 1.52. The van der Waals surface area contributed by atoms with Gasteiger partial charge in [0.05, 0.1) is 5.92 Å². The minimum absolute atomic E-state index is 0.181. The normalized spacial score (nSPS) is 29.9. The van der Waals surface area contributed by atoms with Crippen molar-refractivity contribution in [3.8, 4) is 0 Å². The van der Waals surface area contributed by atoms with E-state index >= 15 is 0 Å². The molecule has 3 rings (SSSR count). The Morgan fingerprint density at radius 1 is 1.35 bits per heavy atom. The van der Waals surface area contributed by atoms with Gasteiger partial charge in [0.1, 0.15) is 0 Å². The molecule has 1 N–H and O–H groups in total. The number of piperidine rings is 1. The third-order valence-corrected chi connectivity index (χ3v) is 4.56. The molecule has 3 nitrogen and oxygen atoms in total. The molecule has 1 saturated carbocycles. The van der Waals surface area contributed by atoms with Crippen molar-refractivity contribution in [1.82, 2.24) is 10.2 Å². The molecular formula is C17H24N2O. The van der Waals surface area contributed by atoms with E-state index in [4.69, 9.17) is 0 Å². The Kier molecular flexibility index (Phi) is 4.06. The van der Waals surface area contributed by atoms with Gasteiger partial charge >= 0.3 is 0 Å². The van der Waals surface area contributed by atoms with Crippen LogP contribution in [0.2, 0.25) is 0 Å². The molecule has 1 aliphatic carbocycles. The number of hydrogen-bond donors (Lipinski definition) is 1. The van der Waals surface area contributed by atoms with Crippen molar-refractivity contribution < 1.29 is 4.79 Å². The van der Waals surface area contributed by atoms with Gasteiger partial charge in [-0.2, -0.15) is 0 Å². The van der Waals surface area contributed by atoms with Gasteiger partial charge in [-0.15, -0.1) is 0 Å². The highest BCUT2D eigenvalue weighted by molar-refractivity contribution is 5.79. The maximum absolute atomic E-state index is 12.3. The predicted octanol–water partition coefficient (Wildman–Crippen LogP) is 2.42. The van der Waals surface area contributed by atoms with Crippen LogP contribution in [-0.4, -0.2) is 29.9 Å². The molecule has 0 aromatic heterocycles. The summed E-state index contributed by atoms with van der Waals surface area (Å²) >= 11 is 0. The number of carbonyl (C=O) groups is 1. The fourth-order valence-corrected chi connectivity index (χ4v) is 3.08. The summed E-state index contributed by atoms with van der Waals surface area (Å²) in [7, 11) is 0. The quantitative estimate of drug-likeness (QED) is 0.913. The third-order valence-electron chi connectivity index (χ3n) is 4.56. The summed E-state index contributed by atoms with van der Waals surface area (Å²) in [5.74, 6) is 1.14. The number of nitrogens with zero attached hydrogens (tertiary/aromatic N) is 1. The summed E-state index contributed by atoms with van der Waals surface area (Å²) in [4.78, 5) is 14.7. The van der Waals surface area contributed by atoms with E-state index in [2.05, 4.69) is 41.4 Å². The summed E-state index contributed by atoms with van der Waals surface area (Å²) in [6.07, 6.45) is 3.33.